The Kier molecular flexibility index (Phi) is 5.23. The van der Waals surface area contributed by atoms with Gasteiger partial charge in [0.2, 0.25) is 0 Å². The molecule has 0 spiro atoms. The van der Waals surface area contributed by atoms with Crippen LogP contribution in [0.2, 0.25) is 0 Å². The van der Waals surface area contributed by atoms with Gasteiger partial charge in [0, 0.05) is 25.6 Å². The van der Waals surface area contributed by atoms with Crippen molar-refractivity contribution in [2.45, 2.75) is 0 Å². The Bertz CT molecular complexity index is 290. The van der Waals surface area contributed by atoms with E-state index in [0.717, 1.165) is 0 Å². The highest BCUT2D eigenvalue weighted by Gasteiger charge is 2.16. The molecule has 0 saturated heterocycles. The Morgan fingerprint density at radius 3 is 3.00 bits per heavy atom. The van der Waals surface area contributed by atoms with E-state index in [-0.39, 0.29) is 12.5 Å². The zero-order chi connectivity index (χ0) is 11.1. The van der Waals surface area contributed by atoms with Crippen LogP contribution in [0.4, 0.5) is 0 Å². The molecule has 1 N–H and O–H groups in total. The largest absolute Gasteiger partial charge is 0.395 e. The van der Waals surface area contributed by atoms with E-state index in [1.165, 1.54) is 16.2 Å². The van der Waals surface area contributed by atoms with E-state index in [0.29, 0.717) is 25.4 Å². The summed E-state index contributed by atoms with van der Waals surface area (Å²) in [5, 5.41) is 10.5. The number of aliphatic hydroxyl groups excluding tert-OH is 1. The summed E-state index contributed by atoms with van der Waals surface area (Å²) < 4.78 is 4.89. The first-order valence-corrected chi connectivity index (χ1v) is 5.51. The van der Waals surface area contributed by atoms with Crippen LogP contribution in [-0.4, -0.2) is 54.3 Å². The zero-order valence-electron chi connectivity index (χ0n) is 8.55. The summed E-state index contributed by atoms with van der Waals surface area (Å²) in [5.41, 5.74) is 2.03. The Morgan fingerprint density at radius 1 is 1.67 bits per heavy atom. The number of hydrogen-bond donors (Lipinski definition) is 1. The summed E-state index contributed by atoms with van der Waals surface area (Å²) in [4.78, 5) is 17.3. The molecule has 1 amide bonds. The van der Waals surface area contributed by atoms with Gasteiger partial charge in [-0.3, -0.25) is 4.79 Å². The lowest BCUT2D eigenvalue weighted by atomic mass is 10.4. The molecule has 1 heterocycles. The van der Waals surface area contributed by atoms with Gasteiger partial charge in [-0.2, -0.15) is 0 Å². The van der Waals surface area contributed by atoms with Crippen molar-refractivity contribution in [1.29, 1.82) is 0 Å². The third kappa shape index (κ3) is 3.58. The Labute approximate surface area is 92.3 Å². The fourth-order valence-corrected chi connectivity index (χ4v) is 1.64. The van der Waals surface area contributed by atoms with E-state index in [4.69, 9.17) is 9.84 Å². The summed E-state index contributed by atoms with van der Waals surface area (Å²) in [6, 6.07) is 0. The van der Waals surface area contributed by atoms with Crippen molar-refractivity contribution in [3.8, 4) is 0 Å². The molecule has 0 atom stereocenters. The van der Waals surface area contributed by atoms with Crippen molar-refractivity contribution in [3.05, 3.63) is 16.6 Å². The third-order valence-electron chi connectivity index (χ3n) is 1.87. The molecule has 0 radical (unpaired) electrons. The molecule has 0 aliphatic heterocycles. The molecule has 84 valence electrons. The summed E-state index contributed by atoms with van der Waals surface area (Å²) in [7, 11) is 1.57. The van der Waals surface area contributed by atoms with Crippen LogP contribution in [0.1, 0.15) is 10.5 Å². The molecule has 0 saturated carbocycles. The molecule has 0 bridgehead atoms. The molecule has 0 aliphatic carbocycles. The second kappa shape index (κ2) is 6.49. The van der Waals surface area contributed by atoms with E-state index in [1.807, 2.05) is 0 Å². The Morgan fingerprint density at radius 2 is 2.47 bits per heavy atom. The standard InChI is InChI=1S/C9H14N2O3S/c1-14-5-3-11(2-4-12)9(13)8-6-15-7-10-8/h6-7,12H,2-5H2,1H3. The number of amides is 1. The highest BCUT2D eigenvalue weighted by molar-refractivity contribution is 7.07. The maximum Gasteiger partial charge on any atom is 0.273 e. The number of rotatable bonds is 6. The van der Waals surface area contributed by atoms with Gasteiger partial charge in [-0.25, -0.2) is 4.98 Å². The van der Waals surface area contributed by atoms with E-state index in [2.05, 4.69) is 4.98 Å². The van der Waals surface area contributed by atoms with E-state index in [1.54, 1.807) is 18.0 Å². The minimum absolute atomic E-state index is 0.0560. The highest BCUT2D eigenvalue weighted by Crippen LogP contribution is 2.05. The topological polar surface area (TPSA) is 62.7 Å². The summed E-state index contributed by atoms with van der Waals surface area (Å²) >= 11 is 1.37. The molecule has 1 aromatic rings. The van der Waals surface area contributed by atoms with Gasteiger partial charge in [-0.15, -0.1) is 11.3 Å². The first-order chi connectivity index (χ1) is 7.29. The second-order valence-corrected chi connectivity index (χ2v) is 3.60. The fraction of sp³-hybridized carbons (Fsp3) is 0.556. The van der Waals surface area contributed by atoms with Crippen LogP contribution in [0.25, 0.3) is 0 Å². The zero-order valence-corrected chi connectivity index (χ0v) is 9.37. The van der Waals surface area contributed by atoms with Crippen molar-refractivity contribution in [2.24, 2.45) is 0 Å². The van der Waals surface area contributed by atoms with Gasteiger partial charge in [0.25, 0.3) is 5.91 Å². The summed E-state index contributed by atoms with van der Waals surface area (Å²) in [6.07, 6.45) is 0. The SMILES string of the molecule is COCCN(CCO)C(=O)c1cscn1. The monoisotopic (exact) mass is 230 g/mol. The van der Waals surface area contributed by atoms with Crippen LogP contribution in [-0.2, 0) is 4.74 Å². The Balaban J connectivity index is 2.58. The van der Waals surface area contributed by atoms with Crippen molar-refractivity contribution in [1.82, 2.24) is 9.88 Å². The van der Waals surface area contributed by atoms with E-state index < -0.39 is 0 Å². The highest BCUT2D eigenvalue weighted by atomic mass is 32.1. The van der Waals surface area contributed by atoms with Crippen LogP contribution in [0.15, 0.2) is 10.9 Å². The maximum atomic E-state index is 11.8. The minimum atomic E-state index is -0.164. The molecule has 15 heavy (non-hydrogen) atoms. The average molecular weight is 230 g/mol. The van der Waals surface area contributed by atoms with Gasteiger partial charge in [-0.05, 0) is 0 Å². The number of aliphatic hydroxyl groups is 1. The first kappa shape index (κ1) is 12.1. The molecule has 6 heteroatoms. The maximum absolute atomic E-state index is 11.8. The molecule has 0 aliphatic rings. The number of aromatic nitrogens is 1. The predicted octanol–water partition coefficient (Wildman–Crippen LogP) is 0.224. The molecule has 1 rings (SSSR count). The van der Waals surface area contributed by atoms with Crippen LogP contribution in [0, 0.1) is 0 Å². The lowest BCUT2D eigenvalue weighted by molar-refractivity contribution is 0.0651. The third-order valence-corrected chi connectivity index (χ3v) is 2.46. The summed E-state index contributed by atoms with van der Waals surface area (Å²) in [5.74, 6) is -0.164. The number of carbonyl (C=O) groups is 1. The average Bonchev–Trinajstić information content (AvgIpc) is 2.76. The van der Waals surface area contributed by atoms with Crippen molar-refractivity contribution in [3.63, 3.8) is 0 Å². The second-order valence-electron chi connectivity index (χ2n) is 2.88. The van der Waals surface area contributed by atoms with Crippen LogP contribution < -0.4 is 0 Å². The molecule has 0 aromatic carbocycles. The van der Waals surface area contributed by atoms with E-state index >= 15 is 0 Å². The molecular formula is C9H14N2O3S. The summed E-state index contributed by atoms with van der Waals surface area (Å²) in [6.45, 7) is 1.17. The van der Waals surface area contributed by atoms with Gasteiger partial charge >= 0.3 is 0 Å². The van der Waals surface area contributed by atoms with Crippen molar-refractivity contribution in [2.75, 3.05) is 33.4 Å². The van der Waals surface area contributed by atoms with Crippen molar-refractivity contribution >= 4 is 17.2 Å². The quantitative estimate of drug-likeness (QED) is 0.759. The fourth-order valence-electron chi connectivity index (χ4n) is 1.12. The van der Waals surface area contributed by atoms with Crippen LogP contribution in [0.5, 0.6) is 0 Å². The number of hydrogen-bond acceptors (Lipinski definition) is 5. The number of nitrogens with zero attached hydrogens (tertiary/aromatic N) is 2. The van der Waals surface area contributed by atoms with Crippen molar-refractivity contribution < 1.29 is 14.6 Å². The number of thiazole rings is 1. The first-order valence-electron chi connectivity index (χ1n) is 4.57. The van der Waals surface area contributed by atoms with Crippen LogP contribution >= 0.6 is 11.3 Å². The molecule has 0 fully saturated rings. The molecular weight excluding hydrogens is 216 g/mol. The normalized spacial score (nSPS) is 10.3. The smallest absolute Gasteiger partial charge is 0.273 e. The predicted molar refractivity (Wildman–Crippen MR) is 57.0 cm³/mol. The minimum Gasteiger partial charge on any atom is -0.395 e. The molecule has 5 nitrogen and oxygen atoms in total. The van der Waals surface area contributed by atoms with Gasteiger partial charge in [0.1, 0.15) is 5.69 Å². The Hall–Kier alpha value is -0.980. The van der Waals surface area contributed by atoms with E-state index in [9.17, 15) is 4.79 Å². The van der Waals surface area contributed by atoms with Gasteiger partial charge in [0.15, 0.2) is 0 Å². The number of methoxy groups -OCH3 is 1. The van der Waals surface area contributed by atoms with Gasteiger partial charge in [0.05, 0.1) is 18.7 Å². The lowest BCUT2D eigenvalue weighted by Crippen LogP contribution is -2.36. The van der Waals surface area contributed by atoms with Gasteiger partial charge in [-0.1, -0.05) is 0 Å². The molecule has 1 aromatic heterocycles. The number of ether oxygens (including phenoxy) is 1. The number of carbonyl (C=O) groups excluding carboxylic acids is 1. The van der Waals surface area contributed by atoms with Crippen LogP contribution in [0.3, 0.4) is 0 Å². The lowest BCUT2D eigenvalue weighted by Gasteiger charge is -2.20. The van der Waals surface area contributed by atoms with Gasteiger partial charge < -0.3 is 14.7 Å². The molecule has 0 unspecified atom stereocenters.